The number of hydrazine groups is 1. The molecule has 1 fully saturated rings. The third-order valence-electron chi connectivity index (χ3n) is 2.98. The summed E-state index contributed by atoms with van der Waals surface area (Å²) in [6.07, 6.45) is 0.760. The Morgan fingerprint density at radius 2 is 2.16 bits per heavy atom. The van der Waals surface area contributed by atoms with Crippen LogP contribution in [-0.2, 0) is 16.1 Å². The molecule has 1 heterocycles. The quantitative estimate of drug-likeness (QED) is 0.623. The summed E-state index contributed by atoms with van der Waals surface area (Å²) < 4.78 is 5.05. The Hall–Kier alpha value is -2.08. The van der Waals surface area contributed by atoms with Gasteiger partial charge in [0.15, 0.2) is 0 Å². The van der Waals surface area contributed by atoms with Crippen molar-refractivity contribution >= 4 is 12.0 Å². The van der Waals surface area contributed by atoms with E-state index in [4.69, 9.17) is 10.6 Å². The van der Waals surface area contributed by atoms with Crippen LogP contribution in [0.25, 0.3) is 0 Å². The molecule has 0 aliphatic carbocycles. The molecular weight excluding hydrogens is 246 g/mol. The highest BCUT2D eigenvalue weighted by Crippen LogP contribution is 2.09. The number of nitrogens with one attached hydrogen (secondary N) is 1. The van der Waals surface area contributed by atoms with E-state index in [0.717, 1.165) is 17.0 Å². The minimum Gasteiger partial charge on any atom is -0.445 e. The SMILES string of the molecule is NN1CCCC(NC(=O)OCc2ccccc2)C1=O. The van der Waals surface area contributed by atoms with E-state index in [9.17, 15) is 9.59 Å². The van der Waals surface area contributed by atoms with E-state index in [0.29, 0.717) is 13.0 Å². The number of ether oxygens (including phenoxy) is 1. The maximum Gasteiger partial charge on any atom is 0.408 e. The molecule has 0 saturated carbocycles. The minimum absolute atomic E-state index is 0.180. The van der Waals surface area contributed by atoms with E-state index < -0.39 is 12.1 Å². The van der Waals surface area contributed by atoms with E-state index in [-0.39, 0.29) is 12.5 Å². The summed E-state index contributed by atoms with van der Waals surface area (Å²) in [5, 5.41) is 3.67. The Morgan fingerprint density at radius 3 is 2.89 bits per heavy atom. The monoisotopic (exact) mass is 263 g/mol. The van der Waals surface area contributed by atoms with Crippen molar-refractivity contribution in [3.8, 4) is 0 Å². The molecular formula is C13H17N3O3. The molecule has 1 aliphatic rings. The average Bonchev–Trinajstić information content (AvgIpc) is 2.43. The largest absolute Gasteiger partial charge is 0.445 e. The van der Waals surface area contributed by atoms with Crippen LogP contribution in [0.1, 0.15) is 18.4 Å². The molecule has 2 amide bonds. The van der Waals surface area contributed by atoms with Gasteiger partial charge in [-0.1, -0.05) is 30.3 Å². The van der Waals surface area contributed by atoms with E-state index in [1.165, 1.54) is 0 Å². The van der Waals surface area contributed by atoms with Crippen molar-refractivity contribution in [2.75, 3.05) is 6.54 Å². The Morgan fingerprint density at radius 1 is 1.42 bits per heavy atom. The normalized spacial score (nSPS) is 19.1. The number of nitrogens with zero attached hydrogens (tertiary/aromatic N) is 1. The molecule has 2 rings (SSSR count). The highest BCUT2D eigenvalue weighted by molar-refractivity contribution is 5.85. The van der Waals surface area contributed by atoms with Crippen LogP contribution in [0.15, 0.2) is 30.3 Å². The number of carbonyl (C=O) groups excluding carboxylic acids is 2. The van der Waals surface area contributed by atoms with Gasteiger partial charge in [0, 0.05) is 6.54 Å². The maximum atomic E-state index is 11.7. The van der Waals surface area contributed by atoms with Crippen LogP contribution in [0.2, 0.25) is 0 Å². The molecule has 19 heavy (non-hydrogen) atoms. The lowest BCUT2D eigenvalue weighted by atomic mass is 10.1. The Kier molecular flexibility index (Phi) is 4.35. The molecule has 6 nitrogen and oxygen atoms in total. The molecule has 1 unspecified atom stereocenters. The second-order valence-corrected chi connectivity index (χ2v) is 4.43. The van der Waals surface area contributed by atoms with E-state index in [1.54, 1.807) is 0 Å². The summed E-state index contributed by atoms with van der Waals surface area (Å²) in [6.45, 7) is 0.704. The molecule has 1 aromatic carbocycles. The molecule has 6 heteroatoms. The first-order valence-electron chi connectivity index (χ1n) is 6.20. The maximum absolute atomic E-state index is 11.7. The molecule has 1 aliphatic heterocycles. The lowest BCUT2D eigenvalue weighted by Crippen LogP contribution is -2.54. The standard InChI is InChI=1S/C13H17N3O3/c14-16-8-4-7-11(12(16)17)15-13(18)19-9-10-5-2-1-3-6-10/h1-3,5-6,11H,4,7-9,14H2,(H,15,18). The second kappa shape index (κ2) is 6.19. The third-order valence-corrected chi connectivity index (χ3v) is 2.98. The fraction of sp³-hybridized carbons (Fsp3) is 0.385. The van der Waals surface area contributed by atoms with Crippen molar-refractivity contribution in [2.24, 2.45) is 5.84 Å². The van der Waals surface area contributed by atoms with Gasteiger partial charge in [-0.2, -0.15) is 0 Å². The van der Waals surface area contributed by atoms with Gasteiger partial charge in [0.25, 0.3) is 5.91 Å². The van der Waals surface area contributed by atoms with Crippen molar-refractivity contribution in [3.05, 3.63) is 35.9 Å². The lowest BCUT2D eigenvalue weighted by Gasteiger charge is -2.28. The van der Waals surface area contributed by atoms with Gasteiger partial charge in [-0.25, -0.2) is 10.6 Å². The first-order chi connectivity index (χ1) is 9.16. The smallest absolute Gasteiger partial charge is 0.408 e. The zero-order chi connectivity index (χ0) is 13.7. The van der Waals surface area contributed by atoms with Gasteiger partial charge in [0.2, 0.25) is 0 Å². The van der Waals surface area contributed by atoms with E-state index in [1.807, 2.05) is 30.3 Å². The average molecular weight is 263 g/mol. The van der Waals surface area contributed by atoms with E-state index in [2.05, 4.69) is 5.32 Å². The molecule has 0 bridgehead atoms. The number of nitrogens with two attached hydrogens (primary N) is 1. The van der Waals surface area contributed by atoms with Crippen LogP contribution < -0.4 is 11.2 Å². The predicted octanol–water partition coefficient (Wildman–Crippen LogP) is 0.777. The fourth-order valence-electron chi connectivity index (χ4n) is 1.94. The van der Waals surface area contributed by atoms with Gasteiger partial charge >= 0.3 is 6.09 Å². The molecule has 0 aromatic heterocycles. The predicted molar refractivity (Wildman–Crippen MR) is 68.7 cm³/mol. The zero-order valence-electron chi connectivity index (χ0n) is 10.5. The summed E-state index contributed by atoms with van der Waals surface area (Å²) in [4.78, 5) is 23.3. The summed E-state index contributed by atoms with van der Waals surface area (Å²) in [7, 11) is 0. The van der Waals surface area contributed by atoms with Gasteiger partial charge in [-0.3, -0.25) is 9.80 Å². The molecule has 3 N–H and O–H groups in total. The lowest BCUT2D eigenvalue weighted by molar-refractivity contribution is -0.136. The van der Waals surface area contributed by atoms with Crippen LogP contribution in [0.3, 0.4) is 0 Å². The number of piperidine rings is 1. The molecule has 1 aromatic rings. The molecule has 102 valence electrons. The number of benzene rings is 1. The number of hydrogen-bond donors (Lipinski definition) is 2. The van der Waals surface area contributed by atoms with Gasteiger partial charge in [-0.15, -0.1) is 0 Å². The Balaban J connectivity index is 1.79. The van der Waals surface area contributed by atoms with Crippen LogP contribution in [-0.4, -0.2) is 29.6 Å². The van der Waals surface area contributed by atoms with Gasteiger partial charge in [-0.05, 0) is 18.4 Å². The summed E-state index contributed by atoms with van der Waals surface area (Å²) in [5.41, 5.74) is 0.896. The minimum atomic E-state index is -0.600. The summed E-state index contributed by atoms with van der Waals surface area (Å²) >= 11 is 0. The van der Waals surface area contributed by atoms with Crippen LogP contribution >= 0.6 is 0 Å². The second-order valence-electron chi connectivity index (χ2n) is 4.43. The fourth-order valence-corrected chi connectivity index (χ4v) is 1.94. The van der Waals surface area contributed by atoms with E-state index >= 15 is 0 Å². The van der Waals surface area contributed by atoms with Crippen LogP contribution in [0.5, 0.6) is 0 Å². The van der Waals surface area contributed by atoms with Crippen molar-refractivity contribution in [1.82, 2.24) is 10.3 Å². The first-order valence-corrected chi connectivity index (χ1v) is 6.20. The van der Waals surface area contributed by atoms with Gasteiger partial charge in [0.05, 0.1) is 0 Å². The number of amides is 2. The number of rotatable bonds is 3. The van der Waals surface area contributed by atoms with Crippen molar-refractivity contribution in [2.45, 2.75) is 25.5 Å². The number of alkyl carbamates (subject to hydrolysis) is 1. The highest BCUT2D eigenvalue weighted by Gasteiger charge is 2.28. The van der Waals surface area contributed by atoms with Crippen LogP contribution in [0, 0.1) is 0 Å². The first kappa shape index (κ1) is 13.4. The highest BCUT2D eigenvalue weighted by atomic mass is 16.5. The topological polar surface area (TPSA) is 84.7 Å². The van der Waals surface area contributed by atoms with Crippen molar-refractivity contribution in [3.63, 3.8) is 0 Å². The Bertz CT molecular complexity index is 450. The number of hydrogen-bond acceptors (Lipinski definition) is 4. The van der Waals surface area contributed by atoms with Gasteiger partial charge < -0.3 is 10.1 Å². The van der Waals surface area contributed by atoms with Crippen LogP contribution in [0.4, 0.5) is 4.79 Å². The zero-order valence-corrected chi connectivity index (χ0v) is 10.5. The van der Waals surface area contributed by atoms with Gasteiger partial charge in [0.1, 0.15) is 12.6 Å². The van der Waals surface area contributed by atoms with Crippen molar-refractivity contribution in [1.29, 1.82) is 0 Å². The third kappa shape index (κ3) is 3.69. The summed E-state index contributed by atoms with van der Waals surface area (Å²) in [5.74, 6) is 5.23. The van der Waals surface area contributed by atoms with Crippen molar-refractivity contribution < 1.29 is 14.3 Å². The molecule has 1 atom stereocenters. The molecule has 0 spiro atoms. The molecule has 0 radical (unpaired) electrons. The Labute approximate surface area is 111 Å². The molecule has 1 saturated heterocycles. The summed E-state index contributed by atoms with van der Waals surface area (Å²) in [6, 6.07) is 8.77. The number of carbonyl (C=O) groups is 2.